The number of aromatic nitrogens is 3. The Morgan fingerprint density at radius 3 is 2.59 bits per heavy atom. The average molecular weight is 396 g/mol. The molecule has 0 saturated carbocycles. The van der Waals surface area contributed by atoms with Crippen LogP contribution in [-0.2, 0) is 30.5 Å². The van der Waals surface area contributed by atoms with Crippen molar-refractivity contribution >= 4 is 11.9 Å². The van der Waals surface area contributed by atoms with Gasteiger partial charge in [0.05, 0.1) is 17.8 Å². The normalized spacial score (nSPS) is 16.7. The molecule has 0 bridgehead atoms. The van der Waals surface area contributed by atoms with E-state index in [-0.39, 0.29) is 11.9 Å². The zero-order valence-electron chi connectivity index (χ0n) is 18.2. The van der Waals surface area contributed by atoms with Crippen molar-refractivity contribution in [3.8, 4) is 0 Å². The SMILES string of the molecule is CCc1cccc(CC(=O)N2CCCC(N(C)c3nnc(CC)c(CC)n3)C2)c1. The zero-order valence-corrected chi connectivity index (χ0v) is 18.2. The molecule has 1 saturated heterocycles. The quantitative estimate of drug-likeness (QED) is 0.720. The molecule has 1 aliphatic rings. The molecule has 1 aromatic carbocycles. The molecule has 1 amide bonds. The standard InChI is InChI=1S/C23H33N5O/c1-5-17-10-8-11-18(14-17)15-22(29)28-13-9-12-19(16-28)27(4)23-24-20(6-2)21(7-3)25-26-23/h8,10-11,14,19H,5-7,9,12-13,15-16H2,1-4H3. The fraction of sp³-hybridized carbons (Fsp3) is 0.565. The molecule has 1 unspecified atom stereocenters. The molecule has 1 aliphatic heterocycles. The highest BCUT2D eigenvalue weighted by Gasteiger charge is 2.28. The van der Waals surface area contributed by atoms with Crippen molar-refractivity contribution in [1.29, 1.82) is 0 Å². The van der Waals surface area contributed by atoms with Crippen LogP contribution in [0.3, 0.4) is 0 Å². The molecule has 0 radical (unpaired) electrons. The van der Waals surface area contributed by atoms with Crippen LogP contribution in [0.1, 0.15) is 56.1 Å². The highest BCUT2D eigenvalue weighted by atomic mass is 16.2. The molecule has 0 N–H and O–H groups in total. The zero-order chi connectivity index (χ0) is 20.8. The number of carbonyl (C=O) groups excluding carboxylic acids is 1. The van der Waals surface area contributed by atoms with Gasteiger partial charge in [-0.15, -0.1) is 5.10 Å². The molecule has 0 spiro atoms. The molecule has 6 heteroatoms. The van der Waals surface area contributed by atoms with Crippen LogP contribution in [-0.4, -0.2) is 52.2 Å². The number of likely N-dealkylation sites (tertiary alicyclic amines) is 1. The number of aryl methyl sites for hydroxylation is 3. The molecule has 29 heavy (non-hydrogen) atoms. The number of hydrogen-bond donors (Lipinski definition) is 0. The lowest BCUT2D eigenvalue weighted by Crippen LogP contribution is -2.49. The fourth-order valence-electron chi connectivity index (χ4n) is 3.98. The summed E-state index contributed by atoms with van der Waals surface area (Å²) in [6.45, 7) is 7.85. The predicted molar refractivity (Wildman–Crippen MR) is 116 cm³/mol. The summed E-state index contributed by atoms with van der Waals surface area (Å²) in [5.74, 6) is 0.861. The van der Waals surface area contributed by atoms with Crippen molar-refractivity contribution in [3.05, 3.63) is 46.8 Å². The maximum Gasteiger partial charge on any atom is 0.245 e. The number of nitrogens with zero attached hydrogens (tertiary/aromatic N) is 5. The maximum absolute atomic E-state index is 12.9. The monoisotopic (exact) mass is 395 g/mol. The van der Waals surface area contributed by atoms with E-state index in [2.05, 4.69) is 48.0 Å². The minimum absolute atomic E-state index is 0.200. The lowest BCUT2D eigenvalue weighted by atomic mass is 10.0. The molecule has 1 atom stereocenters. The van der Waals surface area contributed by atoms with Gasteiger partial charge >= 0.3 is 0 Å². The number of likely N-dealkylation sites (N-methyl/N-ethyl adjacent to an activating group) is 1. The first-order valence-electron chi connectivity index (χ1n) is 10.9. The molecule has 1 fully saturated rings. The molecular formula is C23H33N5O. The number of benzene rings is 1. The maximum atomic E-state index is 12.9. The van der Waals surface area contributed by atoms with Crippen LogP contribution in [0.25, 0.3) is 0 Å². The number of anilines is 1. The Morgan fingerprint density at radius 1 is 1.10 bits per heavy atom. The van der Waals surface area contributed by atoms with Crippen LogP contribution in [0.5, 0.6) is 0 Å². The molecule has 1 aromatic heterocycles. The molecule has 156 valence electrons. The first kappa shape index (κ1) is 21.2. The second-order valence-electron chi connectivity index (χ2n) is 7.81. The van der Waals surface area contributed by atoms with Crippen molar-refractivity contribution in [3.63, 3.8) is 0 Å². The van der Waals surface area contributed by atoms with Gasteiger partial charge in [-0.3, -0.25) is 4.79 Å². The van der Waals surface area contributed by atoms with E-state index in [0.29, 0.717) is 18.9 Å². The van der Waals surface area contributed by atoms with Gasteiger partial charge in [-0.25, -0.2) is 4.98 Å². The van der Waals surface area contributed by atoms with E-state index in [1.165, 1.54) is 5.56 Å². The third kappa shape index (κ3) is 5.11. The minimum atomic E-state index is 0.200. The topological polar surface area (TPSA) is 62.2 Å². The van der Waals surface area contributed by atoms with Gasteiger partial charge in [0.15, 0.2) is 0 Å². The van der Waals surface area contributed by atoms with Crippen molar-refractivity contribution in [2.45, 2.75) is 65.3 Å². The third-order valence-electron chi connectivity index (χ3n) is 5.87. The number of carbonyl (C=O) groups is 1. The Balaban J connectivity index is 1.67. The highest BCUT2D eigenvalue weighted by Crippen LogP contribution is 2.20. The summed E-state index contributed by atoms with van der Waals surface area (Å²) < 4.78 is 0. The van der Waals surface area contributed by atoms with Gasteiger partial charge in [0.2, 0.25) is 11.9 Å². The van der Waals surface area contributed by atoms with Crippen LogP contribution in [0.4, 0.5) is 5.95 Å². The lowest BCUT2D eigenvalue weighted by molar-refractivity contribution is -0.131. The Hall–Kier alpha value is -2.50. The smallest absolute Gasteiger partial charge is 0.245 e. The van der Waals surface area contributed by atoms with Crippen molar-refractivity contribution in [2.75, 3.05) is 25.0 Å². The Labute approximate surface area is 174 Å². The summed E-state index contributed by atoms with van der Waals surface area (Å²) in [4.78, 5) is 21.8. The lowest BCUT2D eigenvalue weighted by Gasteiger charge is -2.37. The van der Waals surface area contributed by atoms with Crippen LogP contribution >= 0.6 is 0 Å². The van der Waals surface area contributed by atoms with Gasteiger partial charge < -0.3 is 9.80 Å². The van der Waals surface area contributed by atoms with E-state index in [9.17, 15) is 4.79 Å². The Morgan fingerprint density at radius 2 is 1.86 bits per heavy atom. The van der Waals surface area contributed by atoms with Crippen molar-refractivity contribution < 1.29 is 4.79 Å². The van der Waals surface area contributed by atoms with Crippen LogP contribution in [0.2, 0.25) is 0 Å². The minimum Gasteiger partial charge on any atom is -0.340 e. The second-order valence-corrected chi connectivity index (χ2v) is 7.81. The van der Waals surface area contributed by atoms with Gasteiger partial charge in [0.25, 0.3) is 0 Å². The molecule has 2 aromatic rings. The highest BCUT2D eigenvalue weighted by molar-refractivity contribution is 5.79. The summed E-state index contributed by atoms with van der Waals surface area (Å²) in [6, 6.07) is 8.57. The molecule has 3 rings (SSSR count). The fourth-order valence-corrected chi connectivity index (χ4v) is 3.98. The van der Waals surface area contributed by atoms with Gasteiger partial charge in [0, 0.05) is 26.2 Å². The van der Waals surface area contributed by atoms with E-state index in [1.807, 2.05) is 24.1 Å². The van der Waals surface area contributed by atoms with Gasteiger partial charge in [-0.1, -0.05) is 45.0 Å². The predicted octanol–water partition coefficient (Wildman–Crippen LogP) is 3.23. The number of hydrogen-bond acceptors (Lipinski definition) is 5. The summed E-state index contributed by atoms with van der Waals surface area (Å²) in [6.07, 6.45) is 5.18. The number of piperidine rings is 1. The average Bonchev–Trinajstić information content (AvgIpc) is 2.78. The summed E-state index contributed by atoms with van der Waals surface area (Å²) in [7, 11) is 2.02. The first-order valence-corrected chi connectivity index (χ1v) is 10.9. The largest absolute Gasteiger partial charge is 0.340 e. The number of amides is 1. The molecule has 2 heterocycles. The van der Waals surface area contributed by atoms with Crippen molar-refractivity contribution in [2.24, 2.45) is 0 Å². The number of rotatable bonds is 7. The summed E-state index contributed by atoms with van der Waals surface area (Å²) in [5.41, 5.74) is 4.36. The first-order chi connectivity index (χ1) is 14.0. The Bertz CT molecular complexity index is 838. The second kappa shape index (κ2) is 9.81. The third-order valence-corrected chi connectivity index (χ3v) is 5.87. The van der Waals surface area contributed by atoms with Crippen molar-refractivity contribution in [1.82, 2.24) is 20.1 Å². The Kier molecular flexibility index (Phi) is 7.18. The summed E-state index contributed by atoms with van der Waals surface area (Å²) >= 11 is 0. The van der Waals surface area contributed by atoms with Gasteiger partial charge in [0.1, 0.15) is 0 Å². The van der Waals surface area contributed by atoms with Gasteiger partial charge in [-0.05, 0) is 43.2 Å². The van der Waals surface area contributed by atoms with Crippen LogP contribution in [0, 0.1) is 0 Å². The van der Waals surface area contributed by atoms with E-state index in [0.717, 1.165) is 55.6 Å². The van der Waals surface area contributed by atoms with E-state index >= 15 is 0 Å². The molecular weight excluding hydrogens is 362 g/mol. The van der Waals surface area contributed by atoms with Gasteiger partial charge in [-0.2, -0.15) is 5.10 Å². The van der Waals surface area contributed by atoms with Crippen LogP contribution in [0.15, 0.2) is 24.3 Å². The molecule has 6 nitrogen and oxygen atoms in total. The van der Waals surface area contributed by atoms with E-state index in [4.69, 9.17) is 4.98 Å². The molecule has 0 aliphatic carbocycles. The van der Waals surface area contributed by atoms with E-state index in [1.54, 1.807) is 0 Å². The summed E-state index contributed by atoms with van der Waals surface area (Å²) in [5, 5.41) is 8.73. The van der Waals surface area contributed by atoms with Crippen LogP contribution < -0.4 is 4.90 Å². The van der Waals surface area contributed by atoms with E-state index < -0.39 is 0 Å².